The summed E-state index contributed by atoms with van der Waals surface area (Å²) in [5.74, 6) is 0.832. The van der Waals surface area contributed by atoms with E-state index in [0.717, 1.165) is 24.5 Å². The molecule has 0 spiro atoms. The lowest BCUT2D eigenvalue weighted by molar-refractivity contribution is 0.0954. The van der Waals surface area contributed by atoms with Gasteiger partial charge in [-0.15, -0.1) is 11.3 Å². The van der Waals surface area contributed by atoms with Crippen molar-refractivity contribution in [3.05, 3.63) is 45.8 Å². The minimum atomic E-state index is -0.160. The van der Waals surface area contributed by atoms with Crippen LogP contribution in [0.25, 0.3) is 0 Å². The number of pyridine rings is 1. The Bertz CT molecular complexity index is 718. The molecule has 1 aliphatic rings. The Kier molecular flexibility index (Phi) is 5.25. The Balaban J connectivity index is 1.55. The van der Waals surface area contributed by atoms with Crippen molar-refractivity contribution in [2.75, 3.05) is 18.0 Å². The van der Waals surface area contributed by atoms with Crippen molar-refractivity contribution in [1.82, 2.24) is 10.3 Å². The molecule has 1 saturated heterocycles. The highest BCUT2D eigenvalue weighted by molar-refractivity contribution is 7.15. The van der Waals surface area contributed by atoms with Crippen LogP contribution in [0.15, 0.2) is 30.5 Å². The largest absolute Gasteiger partial charge is 0.357 e. The lowest BCUT2D eigenvalue weighted by Crippen LogP contribution is -2.30. The van der Waals surface area contributed by atoms with Crippen LogP contribution in [0.1, 0.15) is 51.1 Å². The Labute approximate surface area is 145 Å². The van der Waals surface area contributed by atoms with Gasteiger partial charge in [0.25, 0.3) is 5.91 Å². The second-order valence-corrected chi connectivity index (χ2v) is 7.06. The van der Waals surface area contributed by atoms with Crippen molar-refractivity contribution < 1.29 is 9.59 Å². The van der Waals surface area contributed by atoms with Crippen LogP contribution < -0.4 is 10.2 Å². The van der Waals surface area contributed by atoms with Gasteiger partial charge in [-0.05, 0) is 49.9 Å². The summed E-state index contributed by atoms with van der Waals surface area (Å²) in [5, 5.41) is 2.87. The number of amides is 1. The van der Waals surface area contributed by atoms with Crippen LogP contribution in [-0.2, 0) is 6.54 Å². The number of nitrogens with one attached hydrogen (secondary N) is 1. The highest BCUT2D eigenvalue weighted by atomic mass is 32.1. The summed E-state index contributed by atoms with van der Waals surface area (Å²) in [6.45, 7) is 4.07. The minimum Gasteiger partial charge on any atom is -0.357 e. The summed E-state index contributed by atoms with van der Waals surface area (Å²) in [5.41, 5.74) is 0.965. The van der Waals surface area contributed by atoms with Gasteiger partial charge in [0, 0.05) is 25.8 Å². The predicted octanol–water partition coefficient (Wildman–Crippen LogP) is 3.27. The van der Waals surface area contributed by atoms with E-state index in [0.29, 0.717) is 16.3 Å². The Morgan fingerprint density at radius 2 is 1.88 bits per heavy atom. The lowest BCUT2D eigenvalue weighted by Gasteiger charge is -2.27. The Hall–Kier alpha value is -2.21. The van der Waals surface area contributed by atoms with E-state index in [1.807, 2.05) is 18.3 Å². The highest BCUT2D eigenvalue weighted by Crippen LogP contribution is 2.18. The number of thiophene rings is 1. The first-order valence-electron chi connectivity index (χ1n) is 8.22. The van der Waals surface area contributed by atoms with E-state index in [2.05, 4.69) is 15.2 Å². The first-order chi connectivity index (χ1) is 11.6. The van der Waals surface area contributed by atoms with Gasteiger partial charge in [0.15, 0.2) is 5.78 Å². The molecule has 0 atom stereocenters. The molecule has 3 heterocycles. The number of hydrogen-bond donors (Lipinski definition) is 1. The van der Waals surface area contributed by atoms with Crippen molar-refractivity contribution in [3.63, 3.8) is 0 Å². The smallest absolute Gasteiger partial charge is 0.261 e. The third kappa shape index (κ3) is 4.00. The molecule has 1 amide bonds. The average Bonchev–Trinajstić information content (AvgIpc) is 3.11. The van der Waals surface area contributed by atoms with Crippen molar-refractivity contribution in [3.8, 4) is 0 Å². The zero-order valence-electron chi connectivity index (χ0n) is 13.7. The van der Waals surface area contributed by atoms with Gasteiger partial charge < -0.3 is 10.2 Å². The third-order valence-corrected chi connectivity index (χ3v) is 5.30. The van der Waals surface area contributed by atoms with Gasteiger partial charge in [-0.2, -0.15) is 0 Å². The number of Topliss-reactive ketones (excluding diaryl/α,β-unsaturated/α-hetero) is 1. The molecular weight excluding hydrogens is 322 g/mol. The molecule has 0 unspecified atom stereocenters. The topological polar surface area (TPSA) is 62.3 Å². The molecule has 1 aliphatic heterocycles. The molecule has 0 radical (unpaired) electrons. The quantitative estimate of drug-likeness (QED) is 0.847. The van der Waals surface area contributed by atoms with Crippen molar-refractivity contribution in [2.45, 2.75) is 32.7 Å². The first-order valence-corrected chi connectivity index (χ1v) is 9.04. The highest BCUT2D eigenvalue weighted by Gasteiger charge is 2.13. The van der Waals surface area contributed by atoms with Gasteiger partial charge >= 0.3 is 0 Å². The van der Waals surface area contributed by atoms with Crippen LogP contribution in [0.5, 0.6) is 0 Å². The summed E-state index contributed by atoms with van der Waals surface area (Å²) < 4.78 is 0. The standard InChI is InChI=1S/C18H21N3O2S/c1-13(22)15-6-7-16(24-15)18(23)20-12-14-5-8-17(19-11-14)21-9-3-2-4-10-21/h5-8,11H,2-4,9-10,12H2,1H3,(H,20,23). The number of carbonyl (C=O) groups is 2. The molecule has 2 aromatic rings. The lowest BCUT2D eigenvalue weighted by atomic mass is 10.1. The number of hydrogen-bond acceptors (Lipinski definition) is 5. The third-order valence-electron chi connectivity index (χ3n) is 4.12. The maximum Gasteiger partial charge on any atom is 0.261 e. The molecular formula is C18H21N3O2S. The van der Waals surface area contributed by atoms with E-state index in [9.17, 15) is 9.59 Å². The van der Waals surface area contributed by atoms with Gasteiger partial charge in [0.05, 0.1) is 9.75 Å². The predicted molar refractivity (Wildman–Crippen MR) is 95.8 cm³/mol. The summed E-state index contributed by atoms with van der Waals surface area (Å²) in [6.07, 6.45) is 5.57. The summed E-state index contributed by atoms with van der Waals surface area (Å²) in [6, 6.07) is 7.41. The summed E-state index contributed by atoms with van der Waals surface area (Å²) in [7, 11) is 0. The van der Waals surface area contributed by atoms with E-state index in [1.54, 1.807) is 12.1 Å². The van der Waals surface area contributed by atoms with Crippen molar-refractivity contribution >= 4 is 28.8 Å². The maximum atomic E-state index is 12.1. The molecule has 126 valence electrons. The van der Waals surface area contributed by atoms with E-state index >= 15 is 0 Å². The average molecular weight is 343 g/mol. The maximum absolute atomic E-state index is 12.1. The molecule has 0 aliphatic carbocycles. The molecule has 1 N–H and O–H groups in total. The zero-order chi connectivity index (χ0) is 16.9. The van der Waals surface area contributed by atoms with Gasteiger partial charge in [-0.25, -0.2) is 4.98 Å². The normalized spacial score (nSPS) is 14.5. The van der Waals surface area contributed by atoms with Crippen LogP contribution in [0, 0.1) is 0 Å². The fraction of sp³-hybridized carbons (Fsp3) is 0.389. The second-order valence-electron chi connectivity index (χ2n) is 5.98. The van der Waals surface area contributed by atoms with Crippen molar-refractivity contribution in [2.24, 2.45) is 0 Å². The molecule has 6 heteroatoms. The zero-order valence-corrected chi connectivity index (χ0v) is 14.6. The molecule has 1 fully saturated rings. The first kappa shape index (κ1) is 16.6. The number of anilines is 1. The summed E-state index contributed by atoms with van der Waals surface area (Å²) >= 11 is 1.22. The summed E-state index contributed by atoms with van der Waals surface area (Å²) in [4.78, 5) is 31.4. The molecule has 0 saturated carbocycles. The Morgan fingerprint density at radius 3 is 2.50 bits per heavy atom. The monoisotopic (exact) mass is 343 g/mol. The number of piperidine rings is 1. The molecule has 3 rings (SSSR count). The van der Waals surface area contributed by atoms with Crippen LogP contribution in [0.2, 0.25) is 0 Å². The number of aromatic nitrogens is 1. The molecule has 0 bridgehead atoms. The number of ketones is 1. The van der Waals surface area contributed by atoms with Gasteiger partial charge in [0.2, 0.25) is 0 Å². The number of nitrogens with zero attached hydrogens (tertiary/aromatic N) is 2. The molecule has 5 nitrogen and oxygen atoms in total. The van der Waals surface area contributed by atoms with Gasteiger partial charge in [-0.3, -0.25) is 9.59 Å². The van der Waals surface area contributed by atoms with Gasteiger partial charge in [0.1, 0.15) is 5.82 Å². The van der Waals surface area contributed by atoms with Crippen molar-refractivity contribution in [1.29, 1.82) is 0 Å². The SMILES string of the molecule is CC(=O)c1ccc(C(=O)NCc2ccc(N3CCCCC3)nc2)s1. The number of carbonyl (C=O) groups excluding carboxylic acids is 2. The second kappa shape index (κ2) is 7.57. The van der Waals surface area contributed by atoms with Crippen LogP contribution >= 0.6 is 11.3 Å². The fourth-order valence-corrected chi connectivity index (χ4v) is 3.57. The van der Waals surface area contributed by atoms with Gasteiger partial charge in [-0.1, -0.05) is 6.07 Å². The van der Waals surface area contributed by atoms with E-state index < -0.39 is 0 Å². The van der Waals surface area contributed by atoms with Crippen LogP contribution in [0.3, 0.4) is 0 Å². The fourth-order valence-electron chi connectivity index (χ4n) is 2.75. The van der Waals surface area contributed by atoms with E-state index in [4.69, 9.17) is 0 Å². The van der Waals surface area contributed by atoms with E-state index in [-0.39, 0.29) is 11.7 Å². The number of rotatable bonds is 5. The van der Waals surface area contributed by atoms with E-state index in [1.165, 1.54) is 37.5 Å². The van der Waals surface area contributed by atoms with Crippen LogP contribution in [0.4, 0.5) is 5.82 Å². The Morgan fingerprint density at radius 1 is 1.12 bits per heavy atom. The minimum absolute atomic E-state index is 0.0171. The molecule has 2 aromatic heterocycles. The molecule has 24 heavy (non-hydrogen) atoms. The van der Waals surface area contributed by atoms with Crippen LogP contribution in [-0.4, -0.2) is 29.8 Å². The molecule has 0 aromatic carbocycles.